The molecule has 3 aliphatic heterocycles. The molecule has 4 aliphatic rings. The zero-order valence-electron chi connectivity index (χ0n) is 10.8. The van der Waals surface area contributed by atoms with Crippen LogP contribution in [0.2, 0.25) is 0 Å². The van der Waals surface area contributed by atoms with Gasteiger partial charge < -0.3 is 19.3 Å². The summed E-state index contributed by atoms with van der Waals surface area (Å²) in [6.45, 7) is 1.91. The highest BCUT2D eigenvalue weighted by Crippen LogP contribution is 2.58. The lowest BCUT2D eigenvalue weighted by atomic mass is 9.77. The van der Waals surface area contributed by atoms with Crippen molar-refractivity contribution in [3.05, 3.63) is 24.0 Å². The number of rotatable bonds is 2. The molecule has 1 N–H and O–H groups in total. The normalized spacial score (nSPS) is 47.4. The summed E-state index contributed by atoms with van der Waals surface area (Å²) < 4.78 is 16.9. The van der Waals surface area contributed by atoms with E-state index in [-0.39, 0.29) is 29.3 Å². The molecule has 20 heavy (non-hydrogen) atoms. The van der Waals surface area contributed by atoms with Crippen LogP contribution in [-0.2, 0) is 23.8 Å². The number of esters is 1. The van der Waals surface area contributed by atoms with Gasteiger partial charge in [-0.15, -0.1) is 0 Å². The van der Waals surface area contributed by atoms with Crippen LogP contribution in [0, 0.1) is 17.8 Å². The lowest BCUT2D eigenvalue weighted by Crippen LogP contribution is -2.43. The summed E-state index contributed by atoms with van der Waals surface area (Å²) in [5.41, 5.74) is -0.679. The van der Waals surface area contributed by atoms with E-state index in [4.69, 9.17) is 14.2 Å². The SMILES string of the molecule is CC[C@H]1C(=O)O[C@]23C=C[C@@H]4C(C(=O)O)=CO[C@H](O[C@H]12)[C@@H]43. The van der Waals surface area contributed by atoms with E-state index in [1.54, 1.807) is 12.2 Å². The standard InChI is InChI=1S/C14H14O6/c1-2-6-10-14(20-12(6)17)4-3-7-8(11(15)16)5-18-13(19-10)9(7)14/h3-7,9-10,13H,2H2,1H3,(H,15,16)/t6-,7-,9-,10-,13-,14+/m1/s1. The van der Waals surface area contributed by atoms with Gasteiger partial charge in [0, 0.05) is 5.92 Å². The van der Waals surface area contributed by atoms with Crippen LogP contribution in [0.15, 0.2) is 24.0 Å². The van der Waals surface area contributed by atoms with Gasteiger partial charge in [0.2, 0.25) is 6.29 Å². The molecule has 106 valence electrons. The Labute approximate surface area is 115 Å². The smallest absolute Gasteiger partial charge is 0.335 e. The number of carbonyl (C=O) groups is 2. The Bertz CT molecular complexity index is 564. The largest absolute Gasteiger partial charge is 0.478 e. The van der Waals surface area contributed by atoms with E-state index in [1.807, 2.05) is 6.92 Å². The Morgan fingerprint density at radius 2 is 2.30 bits per heavy atom. The summed E-state index contributed by atoms with van der Waals surface area (Å²) in [6, 6.07) is 0. The summed E-state index contributed by atoms with van der Waals surface area (Å²) in [7, 11) is 0. The summed E-state index contributed by atoms with van der Waals surface area (Å²) in [4.78, 5) is 23.3. The molecule has 1 spiro atoms. The molecule has 6 atom stereocenters. The van der Waals surface area contributed by atoms with Gasteiger partial charge in [-0.1, -0.05) is 13.0 Å². The number of ether oxygens (including phenoxy) is 3. The summed E-state index contributed by atoms with van der Waals surface area (Å²) in [6.07, 6.45) is 4.54. The summed E-state index contributed by atoms with van der Waals surface area (Å²) >= 11 is 0. The predicted molar refractivity (Wildman–Crippen MR) is 64.2 cm³/mol. The second-order valence-electron chi connectivity index (χ2n) is 5.64. The third kappa shape index (κ3) is 1.18. The van der Waals surface area contributed by atoms with Crippen molar-refractivity contribution in [1.29, 1.82) is 0 Å². The first-order valence-electron chi connectivity index (χ1n) is 6.75. The van der Waals surface area contributed by atoms with Crippen LogP contribution in [-0.4, -0.2) is 35.0 Å². The topological polar surface area (TPSA) is 82.1 Å². The van der Waals surface area contributed by atoms with Crippen LogP contribution >= 0.6 is 0 Å². The predicted octanol–water partition coefficient (Wildman–Crippen LogP) is 0.834. The maximum atomic E-state index is 12.0. The first-order chi connectivity index (χ1) is 9.58. The first-order valence-corrected chi connectivity index (χ1v) is 6.75. The van der Waals surface area contributed by atoms with Gasteiger partial charge in [-0.05, 0) is 12.5 Å². The Hall–Kier alpha value is -1.82. The molecular weight excluding hydrogens is 264 g/mol. The molecule has 6 nitrogen and oxygen atoms in total. The molecule has 4 rings (SSSR count). The molecule has 0 bridgehead atoms. The Balaban J connectivity index is 1.78. The molecular formula is C14H14O6. The maximum absolute atomic E-state index is 12.0. The van der Waals surface area contributed by atoms with Crippen molar-refractivity contribution in [2.24, 2.45) is 17.8 Å². The molecule has 6 heteroatoms. The lowest BCUT2D eigenvalue weighted by molar-refractivity contribution is -0.162. The Kier molecular flexibility index (Phi) is 2.17. The van der Waals surface area contributed by atoms with Crippen LogP contribution in [0.1, 0.15) is 13.3 Å². The van der Waals surface area contributed by atoms with Crippen LogP contribution in [0.5, 0.6) is 0 Å². The van der Waals surface area contributed by atoms with Gasteiger partial charge in [-0.25, -0.2) is 4.79 Å². The molecule has 0 unspecified atom stereocenters. The van der Waals surface area contributed by atoms with E-state index >= 15 is 0 Å². The second kappa shape index (κ2) is 3.63. The monoisotopic (exact) mass is 278 g/mol. The number of carboxylic acid groups (broad SMARTS) is 1. The van der Waals surface area contributed by atoms with Crippen molar-refractivity contribution in [3.63, 3.8) is 0 Å². The van der Waals surface area contributed by atoms with Crippen LogP contribution < -0.4 is 0 Å². The number of carboxylic acids is 1. The van der Waals surface area contributed by atoms with Gasteiger partial charge in [0.1, 0.15) is 6.10 Å². The molecule has 0 radical (unpaired) electrons. The van der Waals surface area contributed by atoms with Gasteiger partial charge in [-0.2, -0.15) is 0 Å². The molecule has 0 saturated carbocycles. The van der Waals surface area contributed by atoms with E-state index in [0.717, 1.165) is 0 Å². The van der Waals surface area contributed by atoms with Gasteiger partial charge in [0.05, 0.1) is 23.7 Å². The average Bonchev–Trinajstić information content (AvgIpc) is 3.00. The minimum absolute atomic E-state index is 0.180. The molecule has 2 saturated heterocycles. The van der Waals surface area contributed by atoms with Crippen LogP contribution in [0.3, 0.4) is 0 Å². The van der Waals surface area contributed by atoms with Crippen molar-refractivity contribution in [3.8, 4) is 0 Å². The van der Waals surface area contributed by atoms with Gasteiger partial charge in [-0.3, -0.25) is 4.79 Å². The molecule has 2 fully saturated rings. The van der Waals surface area contributed by atoms with Crippen molar-refractivity contribution in [2.75, 3.05) is 0 Å². The molecule has 0 amide bonds. The fourth-order valence-electron chi connectivity index (χ4n) is 3.92. The minimum Gasteiger partial charge on any atom is -0.478 e. The third-order valence-electron chi connectivity index (χ3n) is 4.81. The second-order valence-corrected chi connectivity index (χ2v) is 5.64. The maximum Gasteiger partial charge on any atom is 0.335 e. The Morgan fingerprint density at radius 1 is 1.50 bits per heavy atom. The number of hydrogen-bond acceptors (Lipinski definition) is 5. The number of allylic oxidation sites excluding steroid dienone is 1. The van der Waals surface area contributed by atoms with Crippen molar-refractivity contribution >= 4 is 11.9 Å². The first kappa shape index (κ1) is 12.0. The molecule has 0 aromatic carbocycles. The molecule has 3 heterocycles. The van der Waals surface area contributed by atoms with E-state index in [1.165, 1.54) is 6.26 Å². The lowest BCUT2D eigenvalue weighted by Gasteiger charge is -2.32. The zero-order valence-corrected chi connectivity index (χ0v) is 10.8. The zero-order chi connectivity index (χ0) is 14.1. The highest BCUT2D eigenvalue weighted by atomic mass is 16.7. The number of hydrogen-bond donors (Lipinski definition) is 1. The molecule has 0 aromatic rings. The highest BCUT2D eigenvalue weighted by Gasteiger charge is 2.71. The fraction of sp³-hybridized carbons (Fsp3) is 0.571. The highest BCUT2D eigenvalue weighted by molar-refractivity contribution is 5.88. The van der Waals surface area contributed by atoms with Gasteiger partial charge in [0.25, 0.3) is 0 Å². The van der Waals surface area contributed by atoms with Gasteiger partial charge in [0.15, 0.2) is 5.60 Å². The van der Waals surface area contributed by atoms with Gasteiger partial charge >= 0.3 is 11.9 Å². The average molecular weight is 278 g/mol. The third-order valence-corrected chi connectivity index (χ3v) is 4.81. The van der Waals surface area contributed by atoms with E-state index in [2.05, 4.69) is 0 Å². The fourth-order valence-corrected chi connectivity index (χ4v) is 3.92. The van der Waals surface area contributed by atoms with Crippen molar-refractivity contribution in [1.82, 2.24) is 0 Å². The Morgan fingerprint density at radius 3 is 3.00 bits per heavy atom. The van der Waals surface area contributed by atoms with E-state index in [9.17, 15) is 14.7 Å². The summed E-state index contributed by atoms with van der Waals surface area (Å²) in [5, 5.41) is 9.24. The van der Waals surface area contributed by atoms with Crippen LogP contribution in [0.4, 0.5) is 0 Å². The summed E-state index contributed by atoms with van der Waals surface area (Å²) in [5.74, 6) is -2.24. The number of aliphatic carboxylic acids is 1. The molecule has 0 aromatic heterocycles. The van der Waals surface area contributed by atoms with E-state index < -0.39 is 24.0 Å². The van der Waals surface area contributed by atoms with E-state index in [0.29, 0.717) is 6.42 Å². The van der Waals surface area contributed by atoms with Crippen molar-refractivity contribution < 1.29 is 28.9 Å². The minimum atomic E-state index is -1.02. The van der Waals surface area contributed by atoms with Crippen LogP contribution in [0.25, 0.3) is 0 Å². The quantitative estimate of drug-likeness (QED) is 0.595. The van der Waals surface area contributed by atoms with Crippen molar-refractivity contribution in [2.45, 2.75) is 31.3 Å². The molecule has 1 aliphatic carbocycles. The number of carbonyl (C=O) groups excluding carboxylic acids is 1.